The molecular formula is C30H40O2Si2. The fourth-order valence-corrected chi connectivity index (χ4v) is 5.90. The molecule has 0 aliphatic rings. The van der Waals surface area contributed by atoms with Crippen molar-refractivity contribution >= 4 is 49.0 Å². The van der Waals surface area contributed by atoms with Crippen molar-refractivity contribution in [3.8, 4) is 11.5 Å². The molecule has 0 aliphatic carbocycles. The highest BCUT2D eigenvalue weighted by atomic mass is 28.4. The lowest BCUT2D eigenvalue weighted by atomic mass is 9.97. The van der Waals surface area contributed by atoms with Crippen LogP contribution in [0.1, 0.15) is 41.5 Å². The fourth-order valence-electron chi connectivity index (χ4n) is 3.83. The van der Waals surface area contributed by atoms with Crippen LogP contribution in [0.5, 0.6) is 11.5 Å². The quantitative estimate of drug-likeness (QED) is 0.210. The summed E-state index contributed by atoms with van der Waals surface area (Å²) in [6.07, 6.45) is 0. The molecule has 0 aliphatic heterocycles. The first-order valence-corrected chi connectivity index (χ1v) is 18.2. The molecule has 0 heterocycles. The summed E-state index contributed by atoms with van der Waals surface area (Å²) in [5.74, 6) is 2.01. The highest BCUT2D eigenvalue weighted by Crippen LogP contribution is 2.48. The van der Waals surface area contributed by atoms with Crippen molar-refractivity contribution in [1.82, 2.24) is 0 Å². The largest absolute Gasteiger partial charge is 0.543 e. The van der Waals surface area contributed by atoms with Gasteiger partial charge in [-0.2, -0.15) is 0 Å². The Bertz CT molecular complexity index is 1270. The van der Waals surface area contributed by atoms with Crippen LogP contribution in [-0.2, 0) is 0 Å². The molecule has 0 spiro atoms. The van der Waals surface area contributed by atoms with Crippen LogP contribution in [0.3, 0.4) is 0 Å². The molecule has 4 rings (SSSR count). The molecule has 4 aromatic carbocycles. The van der Waals surface area contributed by atoms with Gasteiger partial charge in [-0.3, -0.25) is 0 Å². The summed E-state index contributed by atoms with van der Waals surface area (Å²) in [5, 5.41) is 7.24. The molecule has 0 saturated carbocycles. The first-order chi connectivity index (χ1) is 15.6. The van der Waals surface area contributed by atoms with Gasteiger partial charge in [0.25, 0.3) is 16.6 Å². The van der Waals surface area contributed by atoms with E-state index in [0.717, 1.165) is 22.3 Å². The summed E-state index contributed by atoms with van der Waals surface area (Å²) in [5.41, 5.74) is 0. The molecule has 0 unspecified atom stereocenters. The SMILES string of the molecule is CC(C)(C)[Si](C)(C)Oc1c2ccccc2cc2c(O[Si](C)(C)C(C)(C)C)c3ccccc3cc12. The van der Waals surface area contributed by atoms with E-state index in [2.05, 4.69) is 128 Å². The van der Waals surface area contributed by atoms with Crippen molar-refractivity contribution < 1.29 is 8.85 Å². The minimum absolute atomic E-state index is 0.105. The van der Waals surface area contributed by atoms with Crippen molar-refractivity contribution in [3.05, 3.63) is 60.7 Å². The van der Waals surface area contributed by atoms with Crippen LogP contribution in [0.15, 0.2) is 60.7 Å². The van der Waals surface area contributed by atoms with Gasteiger partial charge in [-0.15, -0.1) is 0 Å². The Morgan fingerprint density at radius 1 is 0.500 bits per heavy atom. The van der Waals surface area contributed by atoms with E-state index in [1.54, 1.807) is 0 Å². The van der Waals surface area contributed by atoms with Crippen LogP contribution in [0.2, 0.25) is 36.3 Å². The highest BCUT2D eigenvalue weighted by Gasteiger charge is 2.41. The van der Waals surface area contributed by atoms with E-state index in [1.165, 1.54) is 21.5 Å². The van der Waals surface area contributed by atoms with Crippen LogP contribution in [0.4, 0.5) is 0 Å². The Labute approximate surface area is 207 Å². The normalized spacial score (nSPS) is 13.6. The zero-order valence-electron chi connectivity index (χ0n) is 22.6. The molecule has 0 fully saturated rings. The molecule has 0 N–H and O–H groups in total. The topological polar surface area (TPSA) is 18.5 Å². The van der Waals surface area contributed by atoms with Gasteiger partial charge < -0.3 is 8.85 Å². The van der Waals surface area contributed by atoms with E-state index < -0.39 is 16.6 Å². The average Bonchev–Trinajstić information content (AvgIpc) is 2.72. The Morgan fingerprint density at radius 3 is 1.15 bits per heavy atom. The Balaban J connectivity index is 2.12. The van der Waals surface area contributed by atoms with Crippen molar-refractivity contribution in [1.29, 1.82) is 0 Å². The van der Waals surface area contributed by atoms with Gasteiger partial charge in [0.1, 0.15) is 11.5 Å². The second-order valence-corrected chi connectivity index (χ2v) is 22.1. The van der Waals surface area contributed by atoms with Crippen LogP contribution in [0, 0.1) is 0 Å². The maximum absolute atomic E-state index is 7.09. The Hall–Kier alpha value is -2.31. The second kappa shape index (κ2) is 8.13. The van der Waals surface area contributed by atoms with Crippen LogP contribution in [-0.4, -0.2) is 16.6 Å². The Kier molecular flexibility index (Phi) is 5.93. The smallest absolute Gasteiger partial charge is 0.250 e. The highest BCUT2D eigenvalue weighted by molar-refractivity contribution is 6.75. The molecule has 34 heavy (non-hydrogen) atoms. The molecule has 0 radical (unpaired) electrons. The molecule has 0 atom stereocenters. The van der Waals surface area contributed by atoms with Gasteiger partial charge in [0.05, 0.1) is 0 Å². The van der Waals surface area contributed by atoms with E-state index in [4.69, 9.17) is 8.85 Å². The van der Waals surface area contributed by atoms with Crippen molar-refractivity contribution in [3.63, 3.8) is 0 Å². The monoisotopic (exact) mass is 488 g/mol. The van der Waals surface area contributed by atoms with Gasteiger partial charge in [-0.25, -0.2) is 0 Å². The summed E-state index contributed by atoms with van der Waals surface area (Å²) >= 11 is 0. The van der Waals surface area contributed by atoms with E-state index in [0.29, 0.717) is 0 Å². The first-order valence-electron chi connectivity index (χ1n) is 12.4. The lowest BCUT2D eigenvalue weighted by Crippen LogP contribution is -2.44. The third-order valence-corrected chi connectivity index (χ3v) is 16.8. The average molecular weight is 489 g/mol. The third-order valence-electron chi connectivity index (χ3n) is 8.12. The van der Waals surface area contributed by atoms with Crippen molar-refractivity contribution in [2.45, 2.75) is 77.8 Å². The summed E-state index contributed by atoms with van der Waals surface area (Å²) < 4.78 is 14.2. The maximum Gasteiger partial charge on any atom is 0.250 e. The van der Waals surface area contributed by atoms with Crippen molar-refractivity contribution in [2.24, 2.45) is 0 Å². The summed E-state index contributed by atoms with van der Waals surface area (Å²) in [7, 11) is -4.15. The van der Waals surface area contributed by atoms with Gasteiger partial charge in [0, 0.05) is 21.5 Å². The predicted octanol–water partition coefficient (Wildman–Crippen LogP) is 9.91. The number of rotatable bonds is 4. The van der Waals surface area contributed by atoms with Crippen molar-refractivity contribution in [2.75, 3.05) is 0 Å². The molecule has 2 nitrogen and oxygen atoms in total. The van der Waals surface area contributed by atoms with E-state index >= 15 is 0 Å². The van der Waals surface area contributed by atoms with Gasteiger partial charge in [-0.05, 0) is 59.2 Å². The molecule has 0 bridgehead atoms. The van der Waals surface area contributed by atoms with Gasteiger partial charge in [0.2, 0.25) is 0 Å². The minimum Gasteiger partial charge on any atom is -0.543 e. The van der Waals surface area contributed by atoms with Crippen LogP contribution < -0.4 is 8.85 Å². The molecule has 4 heteroatoms. The van der Waals surface area contributed by atoms with E-state index in [1.807, 2.05) is 0 Å². The number of hydrogen-bond acceptors (Lipinski definition) is 2. The van der Waals surface area contributed by atoms with Crippen LogP contribution in [0.25, 0.3) is 32.3 Å². The standard InChI is InChI=1S/C30H40O2Si2/c1-29(2,3)33(7,8)31-27-23-17-13-11-15-21(23)20-26-25(27)19-22-16-12-14-18-24(22)28(26)32-34(9,10)30(4,5)6/h11-20H,1-10H3. The minimum atomic E-state index is -2.07. The molecule has 0 saturated heterocycles. The number of benzene rings is 4. The molecular weight excluding hydrogens is 449 g/mol. The molecule has 180 valence electrons. The summed E-state index contributed by atoms with van der Waals surface area (Å²) in [6.45, 7) is 23.1. The lowest BCUT2D eigenvalue weighted by molar-refractivity contribution is 0.497. The molecule has 0 amide bonds. The second-order valence-electron chi connectivity index (χ2n) is 12.7. The number of fused-ring (bicyclic) bond motifs is 3. The predicted molar refractivity (Wildman–Crippen MR) is 155 cm³/mol. The molecule has 0 aromatic heterocycles. The number of hydrogen-bond donors (Lipinski definition) is 0. The molecule has 4 aromatic rings. The van der Waals surface area contributed by atoms with Crippen LogP contribution >= 0.6 is 0 Å². The zero-order chi connectivity index (χ0) is 25.1. The summed E-state index contributed by atoms with van der Waals surface area (Å²) in [4.78, 5) is 0. The third kappa shape index (κ3) is 4.27. The Morgan fingerprint density at radius 2 is 0.824 bits per heavy atom. The maximum atomic E-state index is 7.09. The van der Waals surface area contributed by atoms with Gasteiger partial charge in [-0.1, -0.05) is 90.1 Å². The first kappa shape index (κ1) is 24.8. The van der Waals surface area contributed by atoms with Gasteiger partial charge in [0.15, 0.2) is 0 Å². The lowest BCUT2D eigenvalue weighted by Gasteiger charge is -2.38. The van der Waals surface area contributed by atoms with E-state index in [9.17, 15) is 0 Å². The van der Waals surface area contributed by atoms with E-state index in [-0.39, 0.29) is 10.1 Å². The fraction of sp³-hybridized carbons (Fsp3) is 0.400. The summed E-state index contributed by atoms with van der Waals surface area (Å²) in [6, 6.07) is 21.8. The van der Waals surface area contributed by atoms with Gasteiger partial charge >= 0.3 is 0 Å². The zero-order valence-corrected chi connectivity index (χ0v) is 24.6.